The van der Waals surface area contributed by atoms with Crippen molar-refractivity contribution in [3.8, 4) is 5.75 Å². The van der Waals surface area contributed by atoms with Gasteiger partial charge in [0.05, 0.1) is 5.56 Å². The van der Waals surface area contributed by atoms with Crippen LogP contribution in [0, 0.1) is 0 Å². The van der Waals surface area contributed by atoms with Gasteiger partial charge in [0, 0.05) is 4.47 Å². The number of halogens is 1. The van der Waals surface area contributed by atoms with Crippen molar-refractivity contribution in [1.82, 2.24) is 0 Å². The predicted octanol–water partition coefficient (Wildman–Crippen LogP) is 4.37. The Labute approximate surface area is 132 Å². The molecule has 0 saturated carbocycles. The lowest BCUT2D eigenvalue weighted by Gasteiger charge is -2.07. The van der Waals surface area contributed by atoms with Crippen LogP contribution in [-0.4, -0.2) is 12.6 Å². The Morgan fingerprint density at radius 2 is 1.76 bits per heavy atom. The van der Waals surface area contributed by atoms with E-state index in [1.165, 1.54) is 6.08 Å². The molecule has 0 unspecified atom stereocenters. The van der Waals surface area contributed by atoms with E-state index in [1.54, 1.807) is 24.3 Å². The summed E-state index contributed by atoms with van der Waals surface area (Å²) in [6, 6.07) is 14.8. The first-order valence-corrected chi connectivity index (χ1v) is 7.23. The van der Waals surface area contributed by atoms with Gasteiger partial charge in [0.25, 0.3) is 0 Å². The van der Waals surface area contributed by atoms with Crippen molar-refractivity contribution in [1.29, 1.82) is 0 Å². The maximum atomic E-state index is 11.6. The fourth-order valence-electron chi connectivity index (χ4n) is 1.65. The number of carbonyl (C=O) groups excluding carboxylic acids is 1. The number of benzene rings is 2. The fraction of sp³-hybridized carbons (Fsp3) is 0.118. The lowest BCUT2D eigenvalue weighted by atomic mass is 10.2. The SMILES string of the molecule is C=CCOC(=O)c1ccc(OCc2ccc(Br)cc2)cc1. The molecule has 0 atom stereocenters. The summed E-state index contributed by atoms with van der Waals surface area (Å²) < 4.78 is 11.7. The first-order valence-electron chi connectivity index (χ1n) is 6.44. The Morgan fingerprint density at radius 3 is 2.38 bits per heavy atom. The van der Waals surface area contributed by atoms with Crippen LogP contribution in [-0.2, 0) is 11.3 Å². The number of ether oxygens (including phenoxy) is 2. The number of carbonyl (C=O) groups is 1. The van der Waals surface area contributed by atoms with E-state index < -0.39 is 0 Å². The molecular formula is C17H15BrO3. The molecule has 2 rings (SSSR count). The van der Waals surface area contributed by atoms with E-state index in [9.17, 15) is 4.79 Å². The summed E-state index contributed by atoms with van der Waals surface area (Å²) in [5.74, 6) is 0.340. The van der Waals surface area contributed by atoms with Gasteiger partial charge in [-0.3, -0.25) is 0 Å². The molecule has 0 bridgehead atoms. The van der Waals surface area contributed by atoms with E-state index in [4.69, 9.17) is 9.47 Å². The van der Waals surface area contributed by atoms with Gasteiger partial charge in [0.2, 0.25) is 0 Å². The van der Waals surface area contributed by atoms with Crippen LogP contribution in [0.25, 0.3) is 0 Å². The molecule has 108 valence electrons. The third kappa shape index (κ3) is 4.76. The van der Waals surface area contributed by atoms with Gasteiger partial charge in [-0.25, -0.2) is 4.79 Å². The van der Waals surface area contributed by atoms with E-state index in [0.29, 0.717) is 17.9 Å². The van der Waals surface area contributed by atoms with Crippen molar-refractivity contribution in [2.45, 2.75) is 6.61 Å². The Morgan fingerprint density at radius 1 is 1.10 bits per heavy atom. The third-order valence-corrected chi connectivity index (χ3v) is 3.27. The van der Waals surface area contributed by atoms with Gasteiger partial charge >= 0.3 is 5.97 Å². The highest BCUT2D eigenvalue weighted by Crippen LogP contribution is 2.16. The van der Waals surface area contributed by atoms with E-state index in [-0.39, 0.29) is 12.6 Å². The van der Waals surface area contributed by atoms with E-state index in [2.05, 4.69) is 22.5 Å². The molecule has 0 heterocycles. The van der Waals surface area contributed by atoms with Crippen LogP contribution in [0.2, 0.25) is 0 Å². The van der Waals surface area contributed by atoms with Gasteiger partial charge in [-0.1, -0.05) is 40.7 Å². The van der Waals surface area contributed by atoms with Crippen molar-refractivity contribution < 1.29 is 14.3 Å². The molecule has 0 aliphatic rings. The monoisotopic (exact) mass is 346 g/mol. The smallest absolute Gasteiger partial charge is 0.338 e. The molecule has 0 N–H and O–H groups in total. The van der Waals surface area contributed by atoms with Gasteiger partial charge in [-0.15, -0.1) is 0 Å². The molecule has 2 aromatic rings. The van der Waals surface area contributed by atoms with Gasteiger partial charge in [0.1, 0.15) is 19.0 Å². The van der Waals surface area contributed by atoms with Gasteiger partial charge in [0.15, 0.2) is 0 Å². The summed E-state index contributed by atoms with van der Waals surface area (Å²) in [5, 5.41) is 0. The molecule has 0 aromatic heterocycles. The lowest BCUT2D eigenvalue weighted by Crippen LogP contribution is -2.04. The molecule has 0 radical (unpaired) electrons. The van der Waals surface area contributed by atoms with Crippen molar-refractivity contribution in [2.24, 2.45) is 0 Å². The van der Waals surface area contributed by atoms with E-state index in [0.717, 1.165) is 10.0 Å². The second-order valence-electron chi connectivity index (χ2n) is 4.33. The summed E-state index contributed by atoms with van der Waals surface area (Å²) in [6.07, 6.45) is 1.54. The highest BCUT2D eigenvalue weighted by Gasteiger charge is 2.06. The Hall–Kier alpha value is -2.07. The summed E-state index contributed by atoms with van der Waals surface area (Å²) in [5.41, 5.74) is 1.57. The topological polar surface area (TPSA) is 35.5 Å². The summed E-state index contributed by atoms with van der Waals surface area (Å²) in [4.78, 5) is 11.6. The molecule has 2 aromatic carbocycles. The lowest BCUT2D eigenvalue weighted by molar-refractivity contribution is 0.0549. The molecule has 4 heteroatoms. The predicted molar refractivity (Wildman–Crippen MR) is 85.4 cm³/mol. The zero-order valence-electron chi connectivity index (χ0n) is 11.4. The van der Waals surface area contributed by atoms with Gasteiger partial charge in [-0.05, 0) is 42.0 Å². The van der Waals surface area contributed by atoms with Crippen LogP contribution in [0.4, 0.5) is 0 Å². The molecule has 3 nitrogen and oxygen atoms in total. The highest BCUT2D eigenvalue weighted by atomic mass is 79.9. The molecule has 0 aliphatic carbocycles. The number of hydrogen-bond acceptors (Lipinski definition) is 3. The molecule has 0 saturated heterocycles. The summed E-state index contributed by atoms with van der Waals surface area (Å²) in [7, 11) is 0. The quantitative estimate of drug-likeness (QED) is 0.575. The second-order valence-corrected chi connectivity index (χ2v) is 5.24. The second kappa shape index (κ2) is 7.64. The maximum Gasteiger partial charge on any atom is 0.338 e. The van der Waals surface area contributed by atoms with Crippen molar-refractivity contribution in [2.75, 3.05) is 6.61 Å². The first kappa shape index (κ1) is 15.3. The Balaban J connectivity index is 1.91. The van der Waals surface area contributed by atoms with Gasteiger partial charge in [-0.2, -0.15) is 0 Å². The fourth-order valence-corrected chi connectivity index (χ4v) is 1.92. The van der Waals surface area contributed by atoms with Gasteiger partial charge < -0.3 is 9.47 Å². The van der Waals surface area contributed by atoms with Crippen LogP contribution in [0.5, 0.6) is 5.75 Å². The zero-order valence-corrected chi connectivity index (χ0v) is 13.0. The van der Waals surface area contributed by atoms with E-state index in [1.807, 2.05) is 24.3 Å². The van der Waals surface area contributed by atoms with Crippen LogP contribution in [0.15, 0.2) is 65.7 Å². The summed E-state index contributed by atoms with van der Waals surface area (Å²) >= 11 is 3.39. The minimum atomic E-state index is -0.366. The number of hydrogen-bond donors (Lipinski definition) is 0. The molecule has 0 spiro atoms. The van der Waals surface area contributed by atoms with Crippen molar-refractivity contribution in [3.63, 3.8) is 0 Å². The van der Waals surface area contributed by atoms with Crippen LogP contribution >= 0.6 is 15.9 Å². The van der Waals surface area contributed by atoms with Crippen LogP contribution < -0.4 is 4.74 Å². The maximum absolute atomic E-state index is 11.6. The standard InChI is InChI=1S/C17H15BrO3/c1-2-11-20-17(19)14-5-9-16(10-6-14)21-12-13-3-7-15(18)8-4-13/h2-10H,1,11-12H2. The highest BCUT2D eigenvalue weighted by molar-refractivity contribution is 9.10. The Bertz CT molecular complexity index is 603. The minimum absolute atomic E-state index is 0.209. The third-order valence-electron chi connectivity index (χ3n) is 2.74. The average molecular weight is 347 g/mol. The average Bonchev–Trinajstić information content (AvgIpc) is 2.52. The summed E-state index contributed by atoms with van der Waals surface area (Å²) in [6.45, 7) is 4.19. The van der Waals surface area contributed by atoms with Crippen molar-refractivity contribution >= 4 is 21.9 Å². The molecule has 0 amide bonds. The van der Waals surface area contributed by atoms with Crippen LogP contribution in [0.3, 0.4) is 0 Å². The molecular weight excluding hydrogens is 332 g/mol. The largest absolute Gasteiger partial charge is 0.489 e. The zero-order chi connectivity index (χ0) is 15.1. The van der Waals surface area contributed by atoms with Crippen LogP contribution in [0.1, 0.15) is 15.9 Å². The molecule has 0 aliphatic heterocycles. The first-order chi connectivity index (χ1) is 10.2. The number of rotatable bonds is 6. The minimum Gasteiger partial charge on any atom is -0.489 e. The molecule has 21 heavy (non-hydrogen) atoms. The van der Waals surface area contributed by atoms with Crippen molar-refractivity contribution in [3.05, 3.63) is 76.8 Å². The molecule has 0 fully saturated rings. The van der Waals surface area contributed by atoms with E-state index >= 15 is 0 Å². The Kier molecular flexibility index (Phi) is 5.58. The normalized spacial score (nSPS) is 9.95. The number of esters is 1.